The largest absolute Gasteiger partial charge is 0.341 e. The Kier molecular flexibility index (Phi) is 7.03. The second-order valence-corrected chi connectivity index (χ2v) is 10.4. The molecule has 0 bridgehead atoms. The zero-order chi connectivity index (χ0) is 24.5. The third-order valence-corrected chi connectivity index (χ3v) is 7.52. The number of aromatic nitrogens is 1. The molecule has 2 amide bonds. The zero-order valence-corrected chi connectivity index (χ0v) is 20.6. The molecule has 182 valence electrons. The van der Waals surface area contributed by atoms with E-state index in [0.29, 0.717) is 24.6 Å². The van der Waals surface area contributed by atoms with Crippen molar-refractivity contribution in [2.24, 2.45) is 11.3 Å². The van der Waals surface area contributed by atoms with Crippen molar-refractivity contribution < 1.29 is 14.0 Å². The first kappa shape index (κ1) is 24.3. The normalized spacial score (nSPS) is 21.1. The Balaban J connectivity index is 1.45. The van der Waals surface area contributed by atoms with Gasteiger partial charge in [0.1, 0.15) is 11.9 Å². The van der Waals surface area contributed by atoms with Gasteiger partial charge in [-0.05, 0) is 67.5 Å². The third-order valence-electron chi connectivity index (χ3n) is 7.52. The molecule has 1 aromatic carbocycles. The van der Waals surface area contributed by atoms with Crippen molar-refractivity contribution in [1.82, 2.24) is 20.1 Å². The van der Waals surface area contributed by atoms with Crippen molar-refractivity contribution in [3.63, 3.8) is 0 Å². The number of hydrogen-bond acceptors (Lipinski definition) is 4. The summed E-state index contributed by atoms with van der Waals surface area (Å²) in [6, 6.07) is 8.09. The number of halogens is 1. The molecule has 0 radical (unpaired) electrons. The summed E-state index contributed by atoms with van der Waals surface area (Å²) in [5.74, 6) is -0.221. The summed E-state index contributed by atoms with van der Waals surface area (Å²) < 4.78 is 13.5. The molecule has 6 nitrogen and oxygen atoms in total. The number of hydrogen-bond donors (Lipinski definition) is 1. The monoisotopic (exact) mass is 466 g/mol. The molecule has 2 aromatic rings. The molecule has 3 heterocycles. The molecule has 2 saturated heterocycles. The fraction of sp³-hybridized carbons (Fsp3) is 0.519. The summed E-state index contributed by atoms with van der Waals surface area (Å²) in [5, 5.41) is 2.95. The van der Waals surface area contributed by atoms with Crippen LogP contribution in [0.3, 0.4) is 0 Å². The predicted molar refractivity (Wildman–Crippen MR) is 130 cm³/mol. The Morgan fingerprint density at radius 3 is 2.44 bits per heavy atom. The Labute approximate surface area is 201 Å². The number of amides is 2. The minimum Gasteiger partial charge on any atom is -0.341 e. The minimum absolute atomic E-state index is 0.0245. The van der Waals surface area contributed by atoms with Crippen LogP contribution in [0.4, 0.5) is 4.39 Å². The summed E-state index contributed by atoms with van der Waals surface area (Å²) in [6.45, 7) is 9.04. The van der Waals surface area contributed by atoms with Crippen molar-refractivity contribution in [3.05, 3.63) is 65.2 Å². The van der Waals surface area contributed by atoms with Crippen molar-refractivity contribution in [2.45, 2.75) is 45.6 Å². The Morgan fingerprint density at radius 2 is 1.82 bits per heavy atom. The number of carbonyl (C=O) groups is 2. The lowest BCUT2D eigenvalue weighted by atomic mass is 9.68. The second kappa shape index (κ2) is 9.82. The van der Waals surface area contributed by atoms with Crippen LogP contribution in [0.5, 0.6) is 0 Å². The molecule has 0 aliphatic carbocycles. The van der Waals surface area contributed by atoms with E-state index in [9.17, 15) is 14.0 Å². The van der Waals surface area contributed by atoms with E-state index >= 15 is 0 Å². The second-order valence-electron chi connectivity index (χ2n) is 10.4. The number of benzene rings is 1. The molecule has 2 fully saturated rings. The van der Waals surface area contributed by atoms with Gasteiger partial charge in [-0.2, -0.15) is 0 Å². The van der Waals surface area contributed by atoms with Gasteiger partial charge in [0, 0.05) is 44.5 Å². The van der Waals surface area contributed by atoms with Gasteiger partial charge in [-0.25, -0.2) is 4.39 Å². The molecule has 1 N–H and O–H groups in total. The van der Waals surface area contributed by atoms with Crippen LogP contribution in [0.2, 0.25) is 0 Å². The zero-order valence-electron chi connectivity index (χ0n) is 20.6. The van der Waals surface area contributed by atoms with E-state index < -0.39 is 6.04 Å². The summed E-state index contributed by atoms with van der Waals surface area (Å²) in [5.41, 5.74) is 2.61. The molecular formula is C27H35FN4O2. The SMILES string of the molecule is Cc1cncc(C(=O)N[C@@H](C(=O)N2CCC3(CC2)CN(C)CC3c2ccc(F)cc2)C(C)C)c1. The van der Waals surface area contributed by atoms with Crippen LogP contribution in [-0.2, 0) is 4.79 Å². The van der Waals surface area contributed by atoms with Gasteiger partial charge in [-0.1, -0.05) is 26.0 Å². The average Bonchev–Trinajstić information content (AvgIpc) is 3.13. The maximum absolute atomic E-state index is 13.5. The smallest absolute Gasteiger partial charge is 0.253 e. The number of pyridine rings is 1. The number of aryl methyl sites for hydroxylation is 1. The number of piperidine rings is 1. The van der Waals surface area contributed by atoms with Crippen LogP contribution in [-0.4, -0.2) is 65.9 Å². The number of nitrogens with one attached hydrogen (secondary N) is 1. The summed E-state index contributed by atoms with van der Waals surface area (Å²) >= 11 is 0. The highest BCUT2D eigenvalue weighted by atomic mass is 19.1. The fourth-order valence-electron chi connectivity index (χ4n) is 5.66. The van der Waals surface area contributed by atoms with Crippen LogP contribution in [0.1, 0.15) is 54.1 Å². The van der Waals surface area contributed by atoms with E-state index in [2.05, 4.69) is 22.2 Å². The number of rotatable bonds is 5. The highest BCUT2D eigenvalue weighted by Crippen LogP contribution is 2.49. The maximum atomic E-state index is 13.5. The number of carbonyl (C=O) groups excluding carboxylic acids is 2. The van der Waals surface area contributed by atoms with Crippen LogP contribution in [0.15, 0.2) is 42.7 Å². The molecule has 0 saturated carbocycles. The van der Waals surface area contributed by atoms with E-state index in [4.69, 9.17) is 0 Å². The van der Waals surface area contributed by atoms with Crippen molar-refractivity contribution in [3.8, 4) is 0 Å². The van der Waals surface area contributed by atoms with Crippen LogP contribution in [0, 0.1) is 24.1 Å². The number of likely N-dealkylation sites (tertiary alicyclic amines) is 2. The van der Waals surface area contributed by atoms with E-state index in [1.807, 2.05) is 37.8 Å². The van der Waals surface area contributed by atoms with Crippen molar-refractivity contribution in [1.29, 1.82) is 0 Å². The third kappa shape index (κ3) is 4.99. The van der Waals surface area contributed by atoms with Gasteiger partial charge in [0.05, 0.1) is 5.56 Å². The van der Waals surface area contributed by atoms with E-state index in [1.165, 1.54) is 11.8 Å². The van der Waals surface area contributed by atoms with Crippen molar-refractivity contribution in [2.75, 3.05) is 33.2 Å². The van der Waals surface area contributed by atoms with Gasteiger partial charge in [0.15, 0.2) is 0 Å². The molecule has 1 aromatic heterocycles. The van der Waals surface area contributed by atoms with Gasteiger partial charge in [-0.3, -0.25) is 14.6 Å². The molecular weight excluding hydrogens is 431 g/mol. The quantitative estimate of drug-likeness (QED) is 0.731. The molecule has 2 aliphatic heterocycles. The maximum Gasteiger partial charge on any atom is 0.253 e. The lowest BCUT2D eigenvalue weighted by molar-refractivity contribution is -0.136. The molecule has 2 atom stereocenters. The predicted octanol–water partition coefficient (Wildman–Crippen LogP) is 3.62. The van der Waals surface area contributed by atoms with Crippen LogP contribution in [0.25, 0.3) is 0 Å². The fourth-order valence-corrected chi connectivity index (χ4v) is 5.66. The molecule has 1 unspecified atom stereocenters. The molecule has 4 rings (SSSR count). The molecule has 34 heavy (non-hydrogen) atoms. The van der Waals surface area contributed by atoms with Gasteiger partial charge < -0.3 is 15.1 Å². The van der Waals surface area contributed by atoms with E-state index in [1.54, 1.807) is 24.4 Å². The van der Waals surface area contributed by atoms with Gasteiger partial charge in [0.2, 0.25) is 5.91 Å². The van der Waals surface area contributed by atoms with Crippen LogP contribution < -0.4 is 5.32 Å². The average molecular weight is 467 g/mol. The molecule has 2 aliphatic rings. The highest BCUT2D eigenvalue weighted by Gasteiger charge is 2.48. The minimum atomic E-state index is -0.582. The lowest BCUT2D eigenvalue weighted by Crippen LogP contribution is -2.54. The van der Waals surface area contributed by atoms with Crippen molar-refractivity contribution >= 4 is 11.8 Å². The summed E-state index contributed by atoms with van der Waals surface area (Å²) in [6.07, 6.45) is 5.02. The van der Waals surface area contributed by atoms with Gasteiger partial charge in [0.25, 0.3) is 5.91 Å². The molecule has 7 heteroatoms. The first-order valence-electron chi connectivity index (χ1n) is 12.1. The van der Waals surface area contributed by atoms with Crippen LogP contribution >= 0.6 is 0 Å². The lowest BCUT2D eigenvalue weighted by Gasteiger charge is -2.44. The topological polar surface area (TPSA) is 65.5 Å². The van der Waals surface area contributed by atoms with Gasteiger partial charge >= 0.3 is 0 Å². The number of nitrogens with zero attached hydrogens (tertiary/aromatic N) is 3. The Bertz CT molecular complexity index is 1030. The summed E-state index contributed by atoms with van der Waals surface area (Å²) in [7, 11) is 2.13. The standard InChI is InChI=1S/C27H35FN4O2/c1-18(2)24(30-25(33)21-13-19(3)14-29-15-21)26(34)32-11-9-27(10-12-32)17-31(4)16-23(27)20-5-7-22(28)8-6-20/h5-8,13-15,18,23-24H,9-12,16-17H2,1-4H3,(H,30,33)/t23?,24-/m1/s1. The Hall–Kier alpha value is -2.80. The van der Waals surface area contributed by atoms with E-state index in [-0.39, 0.29) is 29.0 Å². The molecule has 1 spiro atoms. The Morgan fingerprint density at radius 1 is 1.15 bits per heavy atom. The van der Waals surface area contributed by atoms with E-state index in [0.717, 1.165) is 31.5 Å². The van der Waals surface area contributed by atoms with Gasteiger partial charge in [-0.15, -0.1) is 0 Å². The first-order chi connectivity index (χ1) is 16.2. The first-order valence-corrected chi connectivity index (χ1v) is 12.1. The summed E-state index contributed by atoms with van der Waals surface area (Å²) in [4.78, 5) is 34.6. The number of likely N-dealkylation sites (N-methyl/N-ethyl adjacent to an activating group) is 1. The highest BCUT2D eigenvalue weighted by molar-refractivity contribution is 5.97.